The Labute approximate surface area is 149 Å². The number of carbonyl (C=O) groups is 2. The second-order valence-electron chi connectivity index (χ2n) is 5.80. The van der Waals surface area contributed by atoms with Crippen LogP contribution in [-0.4, -0.2) is 23.2 Å². The first-order chi connectivity index (χ1) is 12.0. The smallest absolute Gasteiger partial charge is 0.269 e. The summed E-state index contributed by atoms with van der Waals surface area (Å²) in [6, 6.07) is 10.3. The fraction of sp³-hybridized carbons (Fsp3) is 0.222. The van der Waals surface area contributed by atoms with Gasteiger partial charge in [0.25, 0.3) is 11.6 Å². The first-order valence-electron chi connectivity index (χ1n) is 7.86. The van der Waals surface area contributed by atoms with Crippen LogP contribution in [0.4, 0.5) is 11.4 Å². The van der Waals surface area contributed by atoms with E-state index in [1.54, 1.807) is 23.1 Å². The molecule has 0 bridgehead atoms. The van der Waals surface area contributed by atoms with Crippen LogP contribution in [0.3, 0.4) is 0 Å². The van der Waals surface area contributed by atoms with Gasteiger partial charge < -0.3 is 4.90 Å². The molecule has 1 aliphatic rings. The summed E-state index contributed by atoms with van der Waals surface area (Å²) in [5.74, 6) is -0.341. The Balaban J connectivity index is 2.00. The van der Waals surface area contributed by atoms with E-state index in [1.165, 1.54) is 24.3 Å². The minimum absolute atomic E-state index is 0.0429. The van der Waals surface area contributed by atoms with Crippen molar-refractivity contribution in [3.63, 3.8) is 0 Å². The Hall–Kier alpha value is -2.73. The lowest BCUT2D eigenvalue weighted by atomic mass is 9.99. The van der Waals surface area contributed by atoms with E-state index in [0.29, 0.717) is 47.6 Å². The molecule has 0 unspecified atom stereocenters. The predicted octanol–water partition coefficient (Wildman–Crippen LogP) is 4.26. The van der Waals surface area contributed by atoms with Crippen LogP contribution in [0.2, 0.25) is 5.02 Å². The fourth-order valence-corrected chi connectivity index (χ4v) is 3.04. The molecule has 0 spiro atoms. The average Bonchev–Trinajstić information content (AvgIpc) is 2.60. The van der Waals surface area contributed by atoms with Gasteiger partial charge in [-0.05, 0) is 43.2 Å². The van der Waals surface area contributed by atoms with E-state index in [-0.39, 0.29) is 17.4 Å². The number of rotatable bonds is 2. The second kappa shape index (κ2) is 7.03. The largest absolute Gasteiger partial charge is 0.308 e. The highest BCUT2D eigenvalue weighted by Gasteiger charge is 2.25. The molecule has 7 heteroatoms. The van der Waals surface area contributed by atoms with Crippen LogP contribution >= 0.6 is 11.6 Å². The molecule has 1 aliphatic heterocycles. The number of nitrogens with zero attached hydrogens (tertiary/aromatic N) is 2. The van der Waals surface area contributed by atoms with Crippen molar-refractivity contribution >= 4 is 34.7 Å². The minimum atomic E-state index is -0.514. The lowest BCUT2D eigenvalue weighted by molar-refractivity contribution is -0.384. The molecule has 128 valence electrons. The first-order valence-corrected chi connectivity index (χ1v) is 8.24. The van der Waals surface area contributed by atoms with Crippen LogP contribution < -0.4 is 4.90 Å². The Bertz CT molecular complexity index is 849. The van der Waals surface area contributed by atoms with Crippen molar-refractivity contribution < 1.29 is 14.5 Å². The van der Waals surface area contributed by atoms with Gasteiger partial charge >= 0.3 is 0 Å². The quantitative estimate of drug-likeness (QED) is 0.593. The van der Waals surface area contributed by atoms with E-state index in [2.05, 4.69) is 0 Å². The second-order valence-corrected chi connectivity index (χ2v) is 6.24. The molecule has 25 heavy (non-hydrogen) atoms. The standard InChI is InChI=1S/C18H15ClN2O4/c19-13-6-9-16-15(11-13)17(22)3-1-2-10-20(16)18(23)12-4-7-14(8-5-12)21(24)25/h4-9,11H,1-3,10H2. The maximum absolute atomic E-state index is 12.9. The third-order valence-electron chi connectivity index (χ3n) is 4.16. The van der Waals surface area contributed by atoms with Gasteiger partial charge in [0.1, 0.15) is 0 Å². The summed E-state index contributed by atoms with van der Waals surface area (Å²) in [6.07, 6.45) is 1.81. The van der Waals surface area contributed by atoms with Crippen molar-refractivity contribution in [2.75, 3.05) is 11.4 Å². The van der Waals surface area contributed by atoms with E-state index < -0.39 is 4.92 Å². The topological polar surface area (TPSA) is 80.5 Å². The van der Waals surface area contributed by atoms with E-state index in [1.807, 2.05) is 0 Å². The van der Waals surface area contributed by atoms with E-state index in [4.69, 9.17) is 11.6 Å². The molecule has 0 N–H and O–H groups in total. The van der Waals surface area contributed by atoms with Gasteiger partial charge in [0.05, 0.1) is 10.6 Å². The SMILES string of the molecule is O=C1CCCCN(C(=O)c2ccc([N+](=O)[O-])cc2)c2ccc(Cl)cc21. The molecule has 3 rings (SSSR count). The summed E-state index contributed by atoms with van der Waals surface area (Å²) < 4.78 is 0. The van der Waals surface area contributed by atoms with Crippen LogP contribution in [0.5, 0.6) is 0 Å². The third-order valence-corrected chi connectivity index (χ3v) is 4.39. The molecule has 0 fully saturated rings. The van der Waals surface area contributed by atoms with Crippen LogP contribution in [0, 0.1) is 10.1 Å². The van der Waals surface area contributed by atoms with Gasteiger partial charge in [-0.15, -0.1) is 0 Å². The van der Waals surface area contributed by atoms with E-state index >= 15 is 0 Å². The van der Waals surface area contributed by atoms with Crippen molar-refractivity contribution in [3.05, 3.63) is 68.7 Å². The summed E-state index contributed by atoms with van der Waals surface area (Å²) in [6.45, 7) is 0.470. The summed E-state index contributed by atoms with van der Waals surface area (Å²) in [7, 11) is 0. The monoisotopic (exact) mass is 358 g/mol. The molecule has 1 amide bonds. The number of nitro benzene ring substituents is 1. The number of anilines is 1. The Kier molecular flexibility index (Phi) is 4.81. The number of benzene rings is 2. The van der Waals surface area contributed by atoms with Gasteiger partial charge in [0, 0.05) is 41.2 Å². The highest BCUT2D eigenvalue weighted by atomic mass is 35.5. The minimum Gasteiger partial charge on any atom is -0.308 e. The number of non-ortho nitro benzene ring substituents is 1. The number of hydrogen-bond donors (Lipinski definition) is 0. The van der Waals surface area contributed by atoms with Gasteiger partial charge in [-0.1, -0.05) is 11.6 Å². The molecule has 0 saturated carbocycles. The van der Waals surface area contributed by atoms with Crippen LogP contribution in [0.1, 0.15) is 40.0 Å². The van der Waals surface area contributed by atoms with Gasteiger partial charge in [-0.2, -0.15) is 0 Å². The van der Waals surface area contributed by atoms with Gasteiger partial charge in [-0.25, -0.2) is 0 Å². The van der Waals surface area contributed by atoms with Crippen molar-refractivity contribution in [1.82, 2.24) is 0 Å². The van der Waals surface area contributed by atoms with Crippen molar-refractivity contribution in [1.29, 1.82) is 0 Å². The Morgan fingerprint density at radius 1 is 1.12 bits per heavy atom. The number of halogens is 1. The normalized spacial score (nSPS) is 14.4. The average molecular weight is 359 g/mol. The molecule has 0 saturated heterocycles. The summed E-state index contributed by atoms with van der Waals surface area (Å²) in [4.78, 5) is 37.1. The maximum atomic E-state index is 12.9. The Morgan fingerprint density at radius 3 is 2.52 bits per heavy atom. The van der Waals surface area contributed by atoms with Gasteiger partial charge in [0.15, 0.2) is 5.78 Å². The highest BCUT2D eigenvalue weighted by molar-refractivity contribution is 6.31. The fourth-order valence-electron chi connectivity index (χ4n) is 2.87. The number of hydrogen-bond acceptors (Lipinski definition) is 4. The number of carbonyl (C=O) groups excluding carboxylic acids is 2. The predicted molar refractivity (Wildman–Crippen MR) is 94.4 cm³/mol. The molecular formula is C18H15ClN2O4. The summed E-state index contributed by atoms with van der Waals surface area (Å²) >= 11 is 6.01. The van der Waals surface area contributed by atoms with Crippen molar-refractivity contribution in [3.8, 4) is 0 Å². The molecule has 1 heterocycles. The number of nitro groups is 1. The lowest BCUT2D eigenvalue weighted by Gasteiger charge is -2.27. The van der Waals surface area contributed by atoms with Gasteiger partial charge in [-0.3, -0.25) is 19.7 Å². The number of ketones is 1. The molecule has 0 atom stereocenters. The van der Waals surface area contributed by atoms with Crippen LogP contribution in [0.15, 0.2) is 42.5 Å². The zero-order chi connectivity index (χ0) is 18.0. The van der Waals surface area contributed by atoms with Gasteiger partial charge in [0.2, 0.25) is 0 Å². The highest BCUT2D eigenvalue weighted by Crippen LogP contribution is 2.30. The summed E-state index contributed by atoms with van der Waals surface area (Å²) in [5, 5.41) is 11.2. The maximum Gasteiger partial charge on any atom is 0.269 e. The van der Waals surface area contributed by atoms with Crippen LogP contribution in [0.25, 0.3) is 0 Å². The molecule has 6 nitrogen and oxygen atoms in total. The molecular weight excluding hydrogens is 344 g/mol. The van der Waals surface area contributed by atoms with Crippen LogP contribution in [-0.2, 0) is 0 Å². The number of Topliss-reactive ketones (excluding diaryl/α,β-unsaturated/α-hetero) is 1. The van der Waals surface area contributed by atoms with Crippen molar-refractivity contribution in [2.45, 2.75) is 19.3 Å². The third kappa shape index (κ3) is 3.53. The number of fused-ring (bicyclic) bond motifs is 1. The molecule has 2 aromatic carbocycles. The van der Waals surface area contributed by atoms with E-state index in [9.17, 15) is 19.7 Å². The molecule has 0 aromatic heterocycles. The summed E-state index contributed by atoms with van der Waals surface area (Å²) in [5.41, 5.74) is 1.21. The Morgan fingerprint density at radius 2 is 1.84 bits per heavy atom. The molecule has 0 radical (unpaired) electrons. The van der Waals surface area contributed by atoms with E-state index in [0.717, 1.165) is 0 Å². The molecule has 2 aromatic rings. The lowest BCUT2D eigenvalue weighted by Crippen LogP contribution is -2.34. The van der Waals surface area contributed by atoms with Crippen molar-refractivity contribution in [2.24, 2.45) is 0 Å². The zero-order valence-corrected chi connectivity index (χ0v) is 14.0. The zero-order valence-electron chi connectivity index (χ0n) is 13.3. The first kappa shape index (κ1) is 17.1. The molecule has 0 aliphatic carbocycles. The number of amides is 1.